The number of ether oxygens (including phenoxy) is 2. The van der Waals surface area contributed by atoms with Gasteiger partial charge in [-0.3, -0.25) is 0 Å². The molecular weight excluding hydrogens is 228 g/mol. The molecule has 8 nitrogen and oxygen atoms in total. The van der Waals surface area contributed by atoms with Gasteiger partial charge < -0.3 is 9.47 Å². The van der Waals surface area contributed by atoms with Gasteiger partial charge in [0.15, 0.2) is 14.9 Å². The Morgan fingerprint density at radius 1 is 1.13 bits per heavy atom. The van der Waals surface area contributed by atoms with Gasteiger partial charge in [-0.1, -0.05) is 0 Å². The maximum absolute atomic E-state index is 9.14. The van der Waals surface area contributed by atoms with Crippen LogP contribution in [0.3, 0.4) is 0 Å². The van der Waals surface area contributed by atoms with E-state index in [9.17, 15) is 0 Å². The number of hydrogen-bond donors (Lipinski definition) is 0. The Morgan fingerprint density at radius 3 is 1.60 bits per heavy atom. The van der Waals surface area contributed by atoms with Crippen molar-refractivity contribution in [3.05, 3.63) is 20.2 Å². The maximum Gasteiger partial charge on any atom is 0.628 e. The first-order chi connectivity index (χ1) is 6.93. The van der Waals surface area contributed by atoms with E-state index in [1.807, 2.05) is 20.8 Å². The van der Waals surface area contributed by atoms with E-state index in [-0.39, 0.29) is 6.29 Å². The van der Waals surface area contributed by atoms with Gasteiger partial charge in [-0.25, -0.2) is 20.2 Å². The van der Waals surface area contributed by atoms with Crippen LogP contribution in [-0.4, -0.2) is 28.2 Å². The summed E-state index contributed by atoms with van der Waals surface area (Å²) in [6.07, 6.45) is -0.0370. The van der Waals surface area contributed by atoms with Crippen LogP contribution in [0.4, 0.5) is 0 Å². The van der Waals surface area contributed by atoms with Crippen LogP contribution in [0.15, 0.2) is 0 Å². The van der Waals surface area contributed by atoms with Crippen LogP contribution in [0.2, 0.25) is 0 Å². The molecular formula is C6H14N2O6S. The molecule has 9 heteroatoms. The highest BCUT2D eigenvalue weighted by molar-refractivity contribution is 7.87. The fourth-order valence-electron chi connectivity index (χ4n) is 0.572. The van der Waals surface area contributed by atoms with Crippen molar-refractivity contribution in [1.29, 1.82) is 0 Å². The number of nitro groups is 2. The monoisotopic (exact) mass is 242 g/mol. The summed E-state index contributed by atoms with van der Waals surface area (Å²) in [5.41, 5.74) is 0. The quantitative estimate of drug-likeness (QED) is 0.301. The molecule has 0 bridgehead atoms. The van der Waals surface area contributed by atoms with Gasteiger partial charge in [0.25, 0.3) is 0 Å². The summed E-state index contributed by atoms with van der Waals surface area (Å²) in [5.74, 6) is 0. The molecule has 0 atom stereocenters. The fourth-order valence-corrected chi connectivity index (χ4v) is 0.681. The molecule has 0 aliphatic carbocycles. The second kappa shape index (κ2) is 11.1. The van der Waals surface area contributed by atoms with Crippen molar-refractivity contribution in [2.75, 3.05) is 13.2 Å². The highest BCUT2D eigenvalue weighted by Crippen LogP contribution is 1.96. The normalized spacial score (nSPS) is 9.33. The molecule has 0 radical (unpaired) electrons. The highest BCUT2D eigenvalue weighted by Gasteiger charge is 2.14. The van der Waals surface area contributed by atoms with Crippen molar-refractivity contribution in [3.63, 3.8) is 0 Å². The first-order valence-electron chi connectivity index (χ1n) is 4.14. The Kier molecular flexibility index (Phi) is 12.3. The molecule has 0 saturated heterocycles. The van der Waals surface area contributed by atoms with Crippen LogP contribution in [0, 0.1) is 20.2 Å². The standard InChI is InChI=1S/C6H14O2.N2O4S/c1-4-7-6(3)8-5-2;3-1(4)7-2(5)6/h6H,4-5H2,1-3H3;. The van der Waals surface area contributed by atoms with Gasteiger partial charge in [0.2, 0.25) is 0 Å². The van der Waals surface area contributed by atoms with Gasteiger partial charge in [0.05, 0.1) is 0 Å². The van der Waals surface area contributed by atoms with E-state index in [0.717, 1.165) is 13.2 Å². The van der Waals surface area contributed by atoms with Crippen molar-refractivity contribution in [3.8, 4) is 0 Å². The Morgan fingerprint density at radius 2 is 1.47 bits per heavy atom. The summed E-state index contributed by atoms with van der Waals surface area (Å²) in [6, 6.07) is 0. The first kappa shape index (κ1) is 16.5. The molecule has 0 fully saturated rings. The maximum atomic E-state index is 9.14. The van der Waals surface area contributed by atoms with Crippen LogP contribution in [0.1, 0.15) is 20.8 Å². The van der Waals surface area contributed by atoms with Crippen molar-refractivity contribution in [1.82, 2.24) is 0 Å². The summed E-state index contributed by atoms with van der Waals surface area (Å²) in [7, 11) is 0. The zero-order valence-electron chi connectivity index (χ0n) is 8.74. The van der Waals surface area contributed by atoms with Gasteiger partial charge >= 0.3 is 12.1 Å². The lowest BCUT2D eigenvalue weighted by Gasteiger charge is -2.09. The SMILES string of the molecule is CCOC(C)OCC.O=[N+]([O-])S[N+](=O)[O-]. The summed E-state index contributed by atoms with van der Waals surface area (Å²) >= 11 is -0.546. The zero-order valence-corrected chi connectivity index (χ0v) is 9.56. The smallest absolute Gasteiger partial charge is 0.353 e. The van der Waals surface area contributed by atoms with Gasteiger partial charge in [0, 0.05) is 13.2 Å². The molecule has 0 aromatic rings. The lowest BCUT2D eigenvalue weighted by molar-refractivity contribution is -0.389. The lowest BCUT2D eigenvalue weighted by atomic mass is 10.7. The third kappa shape index (κ3) is 19.5. The largest absolute Gasteiger partial charge is 0.628 e. The van der Waals surface area contributed by atoms with Crippen molar-refractivity contribution < 1.29 is 18.1 Å². The Hall–Kier alpha value is -0.930. The third-order valence-electron chi connectivity index (χ3n) is 0.936. The number of hydrogen-bond acceptors (Lipinski definition) is 7. The summed E-state index contributed by atoms with van der Waals surface area (Å²) in [4.78, 5) is 18.3. The van der Waals surface area contributed by atoms with E-state index in [0.29, 0.717) is 0 Å². The van der Waals surface area contributed by atoms with Gasteiger partial charge in [-0.2, -0.15) is 0 Å². The van der Waals surface area contributed by atoms with Crippen LogP contribution >= 0.6 is 12.1 Å². The van der Waals surface area contributed by atoms with E-state index in [1.54, 1.807) is 0 Å². The van der Waals surface area contributed by atoms with Gasteiger partial charge in [-0.05, 0) is 20.8 Å². The molecule has 0 saturated carbocycles. The number of rotatable bonds is 6. The lowest BCUT2D eigenvalue weighted by Crippen LogP contribution is -2.11. The molecule has 0 N–H and O–H groups in total. The summed E-state index contributed by atoms with van der Waals surface area (Å²) in [5, 5.41) is 18.3. The first-order valence-corrected chi connectivity index (χ1v) is 4.87. The van der Waals surface area contributed by atoms with Gasteiger partial charge in [-0.15, -0.1) is 0 Å². The average Bonchev–Trinajstić information content (AvgIpc) is 2.03. The predicted molar refractivity (Wildman–Crippen MR) is 54.3 cm³/mol. The molecule has 15 heavy (non-hydrogen) atoms. The predicted octanol–water partition coefficient (Wildman–Crippen LogP) is 1.51. The minimum atomic E-state index is -1.08. The van der Waals surface area contributed by atoms with Crippen LogP contribution in [-0.2, 0) is 9.47 Å². The summed E-state index contributed by atoms with van der Waals surface area (Å²) in [6.45, 7) is 7.25. The second-order valence-electron chi connectivity index (χ2n) is 2.01. The van der Waals surface area contributed by atoms with Crippen LogP contribution < -0.4 is 0 Å². The van der Waals surface area contributed by atoms with E-state index >= 15 is 0 Å². The topological polar surface area (TPSA) is 105 Å². The van der Waals surface area contributed by atoms with E-state index in [2.05, 4.69) is 0 Å². The second-order valence-corrected chi connectivity index (χ2v) is 2.77. The molecule has 0 aromatic carbocycles. The highest BCUT2D eigenvalue weighted by atomic mass is 32.2. The molecule has 0 aliphatic heterocycles. The molecule has 0 spiro atoms. The summed E-state index contributed by atoms with van der Waals surface area (Å²) < 4.78 is 7.95. The number of nitrogens with zero attached hydrogens (tertiary/aromatic N) is 2. The fraction of sp³-hybridized carbons (Fsp3) is 1.00. The average molecular weight is 242 g/mol. The molecule has 0 amide bonds. The molecule has 90 valence electrons. The van der Waals surface area contributed by atoms with Crippen molar-refractivity contribution in [2.24, 2.45) is 0 Å². The van der Waals surface area contributed by atoms with Crippen LogP contribution in [0.25, 0.3) is 0 Å². The molecule has 0 rings (SSSR count). The Bertz CT molecular complexity index is 172. The minimum absolute atomic E-state index is 0.0370. The van der Waals surface area contributed by atoms with Crippen LogP contribution in [0.5, 0.6) is 0 Å². The Labute approximate surface area is 91.5 Å². The minimum Gasteiger partial charge on any atom is -0.353 e. The van der Waals surface area contributed by atoms with Crippen molar-refractivity contribution in [2.45, 2.75) is 27.1 Å². The molecule has 0 heterocycles. The third-order valence-corrected chi connectivity index (χ3v) is 1.20. The van der Waals surface area contributed by atoms with Gasteiger partial charge in [0.1, 0.15) is 0 Å². The molecule has 0 aromatic heterocycles. The molecule has 0 unspecified atom stereocenters. The Balaban J connectivity index is 0. The van der Waals surface area contributed by atoms with E-state index < -0.39 is 20.8 Å². The zero-order chi connectivity index (χ0) is 12.3. The van der Waals surface area contributed by atoms with Crippen molar-refractivity contribution >= 4 is 12.1 Å². The van der Waals surface area contributed by atoms with E-state index in [4.69, 9.17) is 29.7 Å². The van der Waals surface area contributed by atoms with E-state index in [1.165, 1.54) is 0 Å². The molecule has 0 aliphatic rings.